The Hall–Kier alpha value is -2.43. The van der Waals surface area contributed by atoms with Crippen molar-refractivity contribution >= 4 is 10.9 Å². The first kappa shape index (κ1) is 13.5. The van der Waals surface area contributed by atoms with E-state index in [0.717, 1.165) is 22.2 Å². The summed E-state index contributed by atoms with van der Waals surface area (Å²) in [5.74, 6) is -0.227. The topological polar surface area (TPSA) is 25.0 Å². The van der Waals surface area contributed by atoms with Crippen LogP contribution in [-0.4, -0.2) is 11.3 Å². The molecule has 1 aromatic heterocycles. The van der Waals surface area contributed by atoms with E-state index >= 15 is 0 Å². The second-order valence-electron chi connectivity index (χ2n) is 4.79. The van der Waals surface area contributed by atoms with Gasteiger partial charge in [-0.3, -0.25) is 0 Å². The number of ether oxygens (including phenoxy) is 1. The van der Waals surface area contributed by atoms with Gasteiger partial charge in [0.15, 0.2) is 0 Å². The standard InChI is InChI=1S/C16H12F3NO/c1-10-4-2-7-14-13(10)9-15(20-14)11-5-3-6-12(8-11)21-16(17,18)19/h2-9,20H,1H3. The van der Waals surface area contributed by atoms with Crippen molar-refractivity contribution in [3.8, 4) is 17.0 Å². The van der Waals surface area contributed by atoms with Crippen LogP contribution >= 0.6 is 0 Å². The van der Waals surface area contributed by atoms with Gasteiger partial charge < -0.3 is 9.72 Å². The molecule has 5 heteroatoms. The summed E-state index contributed by atoms with van der Waals surface area (Å²) in [7, 11) is 0. The fraction of sp³-hybridized carbons (Fsp3) is 0.125. The van der Waals surface area contributed by atoms with Crippen LogP contribution in [0.5, 0.6) is 5.75 Å². The van der Waals surface area contributed by atoms with E-state index in [9.17, 15) is 13.2 Å². The number of fused-ring (bicyclic) bond motifs is 1. The van der Waals surface area contributed by atoms with Crippen molar-refractivity contribution in [3.05, 3.63) is 54.1 Å². The molecule has 108 valence electrons. The average molecular weight is 291 g/mol. The van der Waals surface area contributed by atoms with Crippen molar-refractivity contribution in [2.45, 2.75) is 13.3 Å². The largest absolute Gasteiger partial charge is 0.573 e. The lowest BCUT2D eigenvalue weighted by molar-refractivity contribution is -0.274. The number of aromatic amines is 1. The van der Waals surface area contributed by atoms with Gasteiger partial charge in [0.1, 0.15) is 5.75 Å². The predicted octanol–water partition coefficient (Wildman–Crippen LogP) is 5.04. The van der Waals surface area contributed by atoms with E-state index in [-0.39, 0.29) is 5.75 Å². The van der Waals surface area contributed by atoms with Gasteiger partial charge in [-0.05, 0) is 36.8 Å². The van der Waals surface area contributed by atoms with Crippen LogP contribution in [0.4, 0.5) is 13.2 Å². The van der Waals surface area contributed by atoms with E-state index in [0.29, 0.717) is 5.56 Å². The molecule has 0 fully saturated rings. The Balaban J connectivity index is 2.02. The zero-order chi connectivity index (χ0) is 15.0. The molecular formula is C16H12F3NO. The van der Waals surface area contributed by atoms with Crippen LogP contribution < -0.4 is 4.74 Å². The highest BCUT2D eigenvalue weighted by Gasteiger charge is 2.31. The van der Waals surface area contributed by atoms with Gasteiger partial charge in [0.25, 0.3) is 0 Å². The van der Waals surface area contributed by atoms with Crippen LogP contribution in [0.15, 0.2) is 48.5 Å². The Morgan fingerprint density at radius 2 is 1.76 bits per heavy atom. The van der Waals surface area contributed by atoms with Crippen molar-refractivity contribution in [2.24, 2.45) is 0 Å². The van der Waals surface area contributed by atoms with E-state index < -0.39 is 6.36 Å². The highest BCUT2D eigenvalue weighted by atomic mass is 19.4. The minimum atomic E-state index is -4.68. The van der Waals surface area contributed by atoms with Gasteiger partial charge in [-0.1, -0.05) is 24.3 Å². The number of aromatic nitrogens is 1. The number of rotatable bonds is 2. The first-order valence-electron chi connectivity index (χ1n) is 6.37. The van der Waals surface area contributed by atoms with E-state index in [1.807, 2.05) is 31.2 Å². The second-order valence-corrected chi connectivity index (χ2v) is 4.79. The Morgan fingerprint density at radius 1 is 1.00 bits per heavy atom. The van der Waals surface area contributed by atoms with Gasteiger partial charge >= 0.3 is 6.36 Å². The number of halogens is 3. The molecule has 0 saturated carbocycles. The minimum Gasteiger partial charge on any atom is -0.406 e. The third-order valence-corrected chi connectivity index (χ3v) is 3.26. The smallest absolute Gasteiger partial charge is 0.406 e. The zero-order valence-corrected chi connectivity index (χ0v) is 11.2. The molecule has 0 atom stereocenters. The van der Waals surface area contributed by atoms with Gasteiger partial charge in [0.05, 0.1) is 0 Å². The van der Waals surface area contributed by atoms with E-state index in [4.69, 9.17) is 0 Å². The maximum atomic E-state index is 12.3. The molecule has 2 aromatic carbocycles. The average Bonchev–Trinajstić information content (AvgIpc) is 2.82. The van der Waals surface area contributed by atoms with Gasteiger partial charge in [-0.15, -0.1) is 13.2 Å². The molecule has 2 nitrogen and oxygen atoms in total. The molecule has 0 bridgehead atoms. The van der Waals surface area contributed by atoms with Crippen LogP contribution in [0, 0.1) is 6.92 Å². The molecule has 3 aromatic rings. The van der Waals surface area contributed by atoms with Gasteiger partial charge in [-0.25, -0.2) is 0 Å². The number of alkyl halides is 3. The summed E-state index contributed by atoms with van der Waals surface area (Å²) in [4.78, 5) is 3.21. The van der Waals surface area contributed by atoms with Crippen molar-refractivity contribution in [1.29, 1.82) is 0 Å². The number of benzene rings is 2. The molecule has 3 rings (SSSR count). The molecule has 1 heterocycles. The molecule has 0 aliphatic heterocycles. The molecule has 0 spiro atoms. The summed E-state index contributed by atoms with van der Waals surface area (Å²) >= 11 is 0. The Labute approximate surface area is 119 Å². The maximum Gasteiger partial charge on any atom is 0.573 e. The molecular weight excluding hydrogens is 279 g/mol. The molecule has 0 radical (unpaired) electrons. The molecule has 21 heavy (non-hydrogen) atoms. The monoisotopic (exact) mass is 291 g/mol. The third kappa shape index (κ3) is 2.86. The Bertz CT molecular complexity index is 790. The third-order valence-electron chi connectivity index (χ3n) is 3.26. The lowest BCUT2D eigenvalue weighted by Gasteiger charge is -2.09. The summed E-state index contributed by atoms with van der Waals surface area (Å²) in [5, 5.41) is 1.05. The SMILES string of the molecule is Cc1cccc2[nH]c(-c3cccc(OC(F)(F)F)c3)cc12. The zero-order valence-electron chi connectivity index (χ0n) is 11.2. The molecule has 0 amide bonds. The molecule has 0 aliphatic rings. The van der Waals surface area contributed by atoms with Crippen LogP contribution in [0.2, 0.25) is 0 Å². The maximum absolute atomic E-state index is 12.3. The summed E-state index contributed by atoms with van der Waals surface area (Å²) in [6.07, 6.45) is -4.68. The van der Waals surface area contributed by atoms with Crippen molar-refractivity contribution in [2.75, 3.05) is 0 Å². The summed E-state index contributed by atoms with van der Waals surface area (Å²) < 4.78 is 40.7. The lowest BCUT2D eigenvalue weighted by atomic mass is 10.1. The summed E-state index contributed by atoms with van der Waals surface area (Å²) in [5.41, 5.74) is 3.46. The van der Waals surface area contributed by atoms with Crippen LogP contribution in [0.25, 0.3) is 22.2 Å². The van der Waals surface area contributed by atoms with Gasteiger partial charge in [0.2, 0.25) is 0 Å². The van der Waals surface area contributed by atoms with Crippen LogP contribution in [-0.2, 0) is 0 Å². The normalized spacial score (nSPS) is 11.8. The van der Waals surface area contributed by atoms with Gasteiger partial charge in [0, 0.05) is 22.2 Å². The number of aryl methyl sites for hydroxylation is 1. The Kier molecular flexibility index (Phi) is 3.12. The molecule has 0 aliphatic carbocycles. The Morgan fingerprint density at radius 3 is 2.48 bits per heavy atom. The van der Waals surface area contributed by atoms with Crippen molar-refractivity contribution in [3.63, 3.8) is 0 Å². The number of nitrogens with one attached hydrogen (secondary N) is 1. The summed E-state index contributed by atoms with van der Waals surface area (Å²) in [6.45, 7) is 1.99. The van der Waals surface area contributed by atoms with Crippen molar-refractivity contribution < 1.29 is 17.9 Å². The molecule has 1 N–H and O–H groups in total. The predicted molar refractivity (Wildman–Crippen MR) is 75.2 cm³/mol. The highest BCUT2D eigenvalue weighted by molar-refractivity contribution is 5.88. The highest BCUT2D eigenvalue weighted by Crippen LogP contribution is 2.30. The van der Waals surface area contributed by atoms with E-state index in [2.05, 4.69) is 9.72 Å². The van der Waals surface area contributed by atoms with Crippen LogP contribution in [0.3, 0.4) is 0 Å². The number of hydrogen-bond acceptors (Lipinski definition) is 1. The fourth-order valence-electron chi connectivity index (χ4n) is 2.32. The molecule has 0 saturated heterocycles. The quantitative estimate of drug-likeness (QED) is 0.702. The first-order chi connectivity index (χ1) is 9.92. The van der Waals surface area contributed by atoms with Gasteiger partial charge in [-0.2, -0.15) is 0 Å². The lowest BCUT2D eigenvalue weighted by Crippen LogP contribution is -2.17. The summed E-state index contributed by atoms with van der Waals surface area (Å²) in [6, 6.07) is 13.7. The van der Waals surface area contributed by atoms with Crippen LogP contribution in [0.1, 0.15) is 5.56 Å². The fourth-order valence-corrected chi connectivity index (χ4v) is 2.32. The first-order valence-corrected chi connectivity index (χ1v) is 6.37. The van der Waals surface area contributed by atoms with E-state index in [1.54, 1.807) is 6.07 Å². The molecule has 0 unspecified atom stereocenters. The minimum absolute atomic E-state index is 0.227. The van der Waals surface area contributed by atoms with E-state index in [1.165, 1.54) is 18.2 Å². The second kappa shape index (κ2) is 4.84. The number of hydrogen-bond donors (Lipinski definition) is 1. The number of H-pyrrole nitrogens is 1. The van der Waals surface area contributed by atoms with Crippen molar-refractivity contribution in [1.82, 2.24) is 4.98 Å².